The van der Waals surface area contributed by atoms with Gasteiger partial charge in [0.25, 0.3) is 0 Å². The number of hydrogen-bond acceptors (Lipinski definition) is 14. The van der Waals surface area contributed by atoms with Crippen LogP contribution in [0.2, 0.25) is 0 Å². The zero-order valence-electron chi connectivity index (χ0n) is 40.1. The molecule has 1 aromatic rings. The van der Waals surface area contributed by atoms with Crippen LogP contribution in [0.3, 0.4) is 0 Å². The number of rotatable bonds is 30. The van der Waals surface area contributed by atoms with Gasteiger partial charge in [-0.2, -0.15) is 0 Å². The Bertz CT molecular complexity index is 1590. The van der Waals surface area contributed by atoms with E-state index in [0.717, 1.165) is 24.2 Å². The molecule has 1 aromatic carbocycles. The summed E-state index contributed by atoms with van der Waals surface area (Å²) in [6, 6.07) is 7.70. The van der Waals surface area contributed by atoms with E-state index < -0.39 is 32.9 Å². The number of allylic oxidation sites excluding steroid dienone is 2. The number of ether oxygens (including phenoxy) is 9. The minimum absolute atomic E-state index is 0.00894. The third kappa shape index (κ3) is 22.0. The normalized spacial score (nSPS) is 20.2. The molecule has 0 radical (unpaired) electrons. The van der Waals surface area contributed by atoms with Gasteiger partial charge in [0, 0.05) is 63.2 Å². The summed E-state index contributed by atoms with van der Waals surface area (Å²) in [4.78, 5) is 44.6. The van der Waals surface area contributed by atoms with Gasteiger partial charge < -0.3 is 47.9 Å². The van der Waals surface area contributed by atoms with Crippen LogP contribution in [-0.2, 0) is 54.0 Å². The number of esters is 2. The summed E-state index contributed by atoms with van der Waals surface area (Å²) in [5.41, 5.74) is -1.12. The molecule has 4 atom stereocenters. The molecular formula is C47H79N3O12S. The van der Waals surface area contributed by atoms with Crippen LogP contribution in [0.25, 0.3) is 0 Å². The fourth-order valence-corrected chi connectivity index (χ4v) is 7.90. The predicted molar refractivity (Wildman–Crippen MR) is 247 cm³/mol. The molecule has 2 aliphatic rings. The highest BCUT2D eigenvalue weighted by Crippen LogP contribution is 2.52. The van der Waals surface area contributed by atoms with E-state index in [1.807, 2.05) is 84.0 Å². The van der Waals surface area contributed by atoms with Gasteiger partial charge in [-0.3, -0.25) is 19.4 Å². The van der Waals surface area contributed by atoms with E-state index in [1.165, 1.54) is 0 Å². The molecule has 63 heavy (non-hydrogen) atoms. The molecule has 0 saturated heterocycles. The van der Waals surface area contributed by atoms with Gasteiger partial charge in [-0.25, -0.2) is 14.8 Å². The van der Waals surface area contributed by atoms with Crippen molar-refractivity contribution in [2.24, 2.45) is 11.8 Å². The molecule has 0 bridgehead atoms. The lowest BCUT2D eigenvalue weighted by atomic mass is 9.95. The highest BCUT2D eigenvalue weighted by Gasteiger charge is 2.59. The SMILES string of the molecule is COCCOCOc1ccccc1CN(CC(=O)OC(C)(C)C)CC1(N(CC(=O)OC(C)(C)C)CC2C=CC=CC2OCOCCOC)CC1CCCNC(=O)OCCS(C)(C)C. The largest absolute Gasteiger partial charge is 0.467 e. The summed E-state index contributed by atoms with van der Waals surface area (Å²) < 4.78 is 51.2. The third-order valence-electron chi connectivity index (χ3n) is 10.3. The van der Waals surface area contributed by atoms with Crippen LogP contribution in [0.15, 0.2) is 48.6 Å². The number of amides is 1. The maximum Gasteiger partial charge on any atom is 0.407 e. The fourth-order valence-electron chi connectivity index (χ4n) is 7.32. The highest BCUT2D eigenvalue weighted by molar-refractivity contribution is 8.32. The molecule has 2 aliphatic carbocycles. The number of benzene rings is 1. The number of hydrogen-bond donors (Lipinski definition) is 1. The van der Waals surface area contributed by atoms with E-state index in [9.17, 15) is 14.4 Å². The number of nitrogens with one attached hydrogen (secondary N) is 1. The third-order valence-corrected chi connectivity index (χ3v) is 11.7. The summed E-state index contributed by atoms with van der Waals surface area (Å²) in [5.74, 6) is 0.715. The van der Waals surface area contributed by atoms with Gasteiger partial charge in [-0.1, -0.05) is 42.5 Å². The Balaban J connectivity index is 1.99. The first kappa shape index (κ1) is 54.1. The van der Waals surface area contributed by atoms with E-state index in [4.69, 9.17) is 42.6 Å². The van der Waals surface area contributed by atoms with Crippen molar-refractivity contribution in [1.82, 2.24) is 15.1 Å². The highest BCUT2D eigenvalue weighted by atomic mass is 32.3. The Kier molecular flexibility index (Phi) is 22.9. The molecular weight excluding hydrogens is 831 g/mol. The van der Waals surface area contributed by atoms with Gasteiger partial charge in [0.15, 0.2) is 6.79 Å². The van der Waals surface area contributed by atoms with Gasteiger partial charge >= 0.3 is 18.0 Å². The zero-order valence-corrected chi connectivity index (χ0v) is 40.9. The summed E-state index contributed by atoms with van der Waals surface area (Å²) in [6.07, 6.45) is 16.1. The van der Waals surface area contributed by atoms with Crippen LogP contribution < -0.4 is 10.1 Å². The number of para-hydroxylation sites is 1. The van der Waals surface area contributed by atoms with Gasteiger partial charge in [0.2, 0.25) is 0 Å². The molecule has 0 aromatic heterocycles. The van der Waals surface area contributed by atoms with E-state index in [2.05, 4.69) is 40.0 Å². The summed E-state index contributed by atoms with van der Waals surface area (Å²) in [6.45, 7) is 15.0. The number of alkyl carbamates (subject to hydrolysis) is 1. The first-order valence-electron chi connectivity index (χ1n) is 22.0. The zero-order chi connectivity index (χ0) is 46.5. The molecule has 1 N–H and O–H groups in total. The van der Waals surface area contributed by atoms with Gasteiger partial charge in [0.1, 0.15) is 30.4 Å². The first-order valence-corrected chi connectivity index (χ1v) is 25.0. The van der Waals surface area contributed by atoms with E-state index >= 15 is 0 Å². The van der Waals surface area contributed by atoms with Crippen molar-refractivity contribution < 1.29 is 57.0 Å². The van der Waals surface area contributed by atoms with E-state index in [1.54, 1.807) is 14.2 Å². The van der Waals surface area contributed by atoms with Crippen LogP contribution in [-0.4, -0.2) is 169 Å². The molecule has 1 amide bonds. The molecule has 15 nitrogen and oxygen atoms in total. The lowest BCUT2D eigenvalue weighted by molar-refractivity contribution is -0.160. The second kappa shape index (κ2) is 26.7. The topological polar surface area (TPSA) is 153 Å². The van der Waals surface area contributed by atoms with Crippen molar-refractivity contribution in [1.29, 1.82) is 0 Å². The monoisotopic (exact) mass is 910 g/mol. The Morgan fingerprint density at radius 3 is 2.11 bits per heavy atom. The lowest BCUT2D eigenvalue weighted by Gasteiger charge is -2.40. The van der Waals surface area contributed by atoms with Crippen LogP contribution in [0, 0.1) is 11.8 Å². The number of methoxy groups -OCH3 is 2. The van der Waals surface area contributed by atoms with E-state index in [0.29, 0.717) is 71.4 Å². The smallest absolute Gasteiger partial charge is 0.407 e. The van der Waals surface area contributed by atoms with Crippen molar-refractivity contribution in [2.75, 3.05) is 118 Å². The van der Waals surface area contributed by atoms with Crippen LogP contribution in [0.1, 0.15) is 66.4 Å². The minimum Gasteiger partial charge on any atom is -0.467 e. The molecule has 360 valence electrons. The Labute approximate surface area is 379 Å². The average molecular weight is 910 g/mol. The Morgan fingerprint density at radius 1 is 0.825 bits per heavy atom. The maximum absolute atomic E-state index is 13.9. The summed E-state index contributed by atoms with van der Waals surface area (Å²) in [5, 5.41) is 2.93. The molecule has 4 unspecified atom stereocenters. The number of carbonyl (C=O) groups is 3. The van der Waals surface area contributed by atoms with Crippen LogP contribution in [0.4, 0.5) is 4.79 Å². The van der Waals surface area contributed by atoms with Gasteiger partial charge in [-0.05, 0) is 91.6 Å². The second-order valence-corrected chi connectivity index (χ2v) is 23.6. The van der Waals surface area contributed by atoms with Crippen molar-refractivity contribution in [3.63, 3.8) is 0 Å². The Hall–Kier alpha value is -3.22. The van der Waals surface area contributed by atoms with Crippen molar-refractivity contribution >= 4 is 28.1 Å². The predicted octanol–water partition coefficient (Wildman–Crippen LogP) is 6.18. The van der Waals surface area contributed by atoms with Crippen molar-refractivity contribution in [3.05, 3.63) is 54.1 Å². The van der Waals surface area contributed by atoms with Gasteiger partial charge in [-0.15, -0.1) is 0 Å². The van der Waals surface area contributed by atoms with Crippen molar-refractivity contribution in [3.8, 4) is 5.75 Å². The molecule has 0 heterocycles. The molecule has 0 spiro atoms. The molecule has 1 saturated carbocycles. The average Bonchev–Trinajstić information content (AvgIpc) is 3.88. The fraction of sp³-hybridized carbons (Fsp3) is 0.723. The number of carbonyl (C=O) groups excluding carboxylic acids is 3. The number of nitrogens with zero attached hydrogens (tertiary/aromatic N) is 2. The van der Waals surface area contributed by atoms with Crippen molar-refractivity contribution in [2.45, 2.75) is 90.2 Å². The summed E-state index contributed by atoms with van der Waals surface area (Å²) >= 11 is 0. The summed E-state index contributed by atoms with van der Waals surface area (Å²) in [7, 11) is 2.45. The van der Waals surface area contributed by atoms with Crippen LogP contribution in [0.5, 0.6) is 5.75 Å². The minimum atomic E-state index is -0.787. The standard InChI is InChI=1S/C47H79N3O12S/c1-45(2,3)61-42(51)32-49(30-37-17-12-14-20-40(37)59-35-56-25-23-54-7)34-47(29-39(47)19-16-22-48-44(53)58-27-28-63(9,10)11)50(33-43(52)62-46(4,5)6)31-38-18-13-15-21-41(38)60-36-57-26-24-55-8/h12-15,17-18,20-21,38-39,41H,16,19,22-36H2,1-11H3,(H,48,53). The molecule has 1 fully saturated rings. The quantitative estimate of drug-likeness (QED) is 0.0405. The van der Waals surface area contributed by atoms with Crippen LogP contribution >= 0.6 is 10.0 Å². The lowest BCUT2D eigenvalue weighted by Crippen LogP contribution is -2.53. The molecule has 16 heteroatoms. The first-order chi connectivity index (χ1) is 29.7. The van der Waals surface area contributed by atoms with Gasteiger partial charge in [0.05, 0.1) is 45.6 Å². The Morgan fingerprint density at radius 2 is 1.46 bits per heavy atom. The van der Waals surface area contributed by atoms with E-state index in [-0.39, 0.29) is 56.6 Å². The second-order valence-electron chi connectivity index (χ2n) is 19.1. The molecule has 3 rings (SSSR count). The maximum atomic E-state index is 13.9. The molecule has 0 aliphatic heterocycles.